The van der Waals surface area contributed by atoms with Crippen molar-refractivity contribution in [1.29, 1.82) is 5.26 Å². The van der Waals surface area contributed by atoms with Gasteiger partial charge in [-0.3, -0.25) is 0 Å². The van der Waals surface area contributed by atoms with Gasteiger partial charge in [-0.05, 0) is 43.7 Å². The quantitative estimate of drug-likeness (QED) is 0.811. The number of hydrogen-bond donors (Lipinski definition) is 1. The second-order valence-electron chi connectivity index (χ2n) is 5.74. The summed E-state index contributed by atoms with van der Waals surface area (Å²) in [5.74, 6) is 0.315. The number of ether oxygens (including phenoxy) is 1. The Kier molecular flexibility index (Phi) is 3.14. The van der Waals surface area contributed by atoms with Crippen LogP contribution in [0.1, 0.15) is 25.0 Å². The van der Waals surface area contributed by atoms with E-state index in [2.05, 4.69) is 6.07 Å². The summed E-state index contributed by atoms with van der Waals surface area (Å²) in [5.41, 5.74) is 8.48. The van der Waals surface area contributed by atoms with Gasteiger partial charge in [0.1, 0.15) is 17.2 Å². The molecule has 2 aromatic rings. The molecule has 1 aliphatic heterocycles. The number of anilines is 1. The topological polar surface area (TPSA) is 59.0 Å². The molecule has 3 nitrogen and oxygen atoms in total. The van der Waals surface area contributed by atoms with Crippen LogP contribution in [-0.2, 0) is 0 Å². The van der Waals surface area contributed by atoms with Crippen molar-refractivity contribution in [3.63, 3.8) is 0 Å². The van der Waals surface area contributed by atoms with E-state index in [-0.39, 0.29) is 5.82 Å². The Balaban J connectivity index is 2.33. The van der Waals surface area contributed by atoms with Crippen molar-refractivity contribution in [2.45, 2.75) is 19.4 Å². The van der Waals surface area contributed by atoms with Crippen LogP contribution in [0.25, 0.3) is 5.57 Å². The number of nitriles is 1. The largest absolute Gasteiger partial charge is 0.482 e. The lowest BCUT2D eigenvalue weighted by Gasteiger charge is -2.34. The minimum Gasteiger partial charge on any atom is -0.482 e. The third-order valence-corrected chi connectivity index (χ3v) is 3.74. The number of nitrogens with two attached hydrogens (primary N) is 1. The van der Waals surface area contributed by atoms with Crippen molar-refractivity contribution in [3.8, 4) is 11.8 Å². The molecule has 0 atom stereocenters. The lowest BCUT2D eigenvalue weighted by molar-refractivity contribution is 0.149. The average Bonchev–Trinajstić information content (AvgIpc) is 2.45. The number of fused-ring (bicyclic) bond motifs is 1. The second-order valence-corrected chi connectivity index (χ2v) is 5.74. The van der Waals surface area contributed by atoms with E-state index >= 15 is 0 Å². The predicted octanol–water partition coefficient (Wildman–Crippen LogP) is 3.90. The highest BCUT2D eigenvalue weighted by Gasteiger charge is 2.35. The van der Waals surface area contributed by atoms with Gasteiger partial charge in [-0.2, -0.15) is 5.26 Å². The van der Waals surface area contributed by atoms with Gasteiger partial charge in [-0.1, -0.05) is 12.1 Å². The maximum Gasteiger partial charge on any atom is 0.139 e. The van der Waals surface area contributed by atoms with Gasteiger partial charge in [0.25, 0.3) is 0 Å². The Labute approximate surface area is 128 Å². The number of rotatable bonds is 1. The Hall–Kier alpha value is -2.80. The van der Waals surface area contributed by atoms with Crippen LogP contribution in [-0.4, -0.2) is 5.60 Å². The number of halogens is 1. The highest BCUT2D eigenvalue weighted by Crippen LogP contribution is 2.44. The molecule has 0 spiro atoms. The summed E-state index contributed by atoms with van der Waals surface area (Å²) < 4.78 is 19.2. The van der Waals surface area contributed by atoms with Crippen LogP contribution in [0.5, 0.6) is 5.75 Å². The van der Waals surface area contributed by atoms with Gasteiger partial charge in [-0.15, -0.1) is 0 Å². The molecule has 0 saturated heterocycles. The van der Waals surface area contributed by atoms with Crippen LogP contribution in [0.4, 0.5) is 10.1 Å². The maximum absolute atomic E-state index is 13.2. The van der Waals surface area contributed by atoms with Gasteiger partial charge in [0, 0.05) is 22.9 Å². The molecule has 0 amide bonds. The summed E-state index contributed by atoms with van der Waals surface area (Å²) in [6, 6.07) is 13.7. The molecule has 2 N–H and O–H groups in total. The maximum atomic E-state index is 13.2. The molecule has 0 unspecified atom stereocenters. The van der Waals surface area contributed by atoms with Crippen LogP contribution in [0, 0.1) is 17.1 Å². The minimum absolute atomic E-state index is 0.313. The molecule has 0 aromatic heterocycles. The molecule has 0 aliphatic carbocycles. The van der Waals surface area contributed by atoms with Crippen molar-refractivity contribution < 1.29 is 9.13 Å². The van der Waals surface area contributed by atoms with Crippen molar-refractivity contribution in [2.24, 2.45) is 0 Å². The molecular weight excluding hydrogens is 279 g/mol. The SMILES string of the molecule is CC1(C)Oc2cc(N)ccc2C(c2ccc(F)cc2)=C1C#N. The summed E-state index contributed by atoms with van der Waals surface area (Å²) in [5, 5.41) is 9.61. The zero-order valence-electron chi connectivity index (χ0n) is 12.4. The Bertz CT molecular complexity index is 814. The van der Waals surface area contributed by atoms with E-state index in [1.54, 1.807) is 24.3 Å². The normalized spacial score (nSPS) is 15.7. The Morgan fingerprint density at radius 1 is 1.14 bits per heavy atom. The molecule has 0 radical (unpaired) electrons. The number of hydrogen-bond acceptors (Lipinski definition) is 3. The van der Waals surface area contributed by atoms with Crippen LogP contribution in [0.3, 0.4) is 0 Å². The van der Waals surface area contributed by atoms with Crippen LogP contribution >= 0.6 is 0 Å². The summed E-state index contributed by atoms with van der Waals surface area (Å²) in [6.45, 7) is 3.67. The van der Waals surface area contributed by atoms with Crippen molar-refractivity contribution in [1.82, 2.24) is 0 Å². The molecule has 22 heavy (non-hydrogen) atoms. The van der Waals surface area contributed by atoms with Crippen molar-refractivity contribution >= 4 is 11.3 Å². The first-order chi connectivity index (χ1) is 10.4. The highest BCUT2D eigenvalue weighted by molar-refractivity contribution is 5.89. The van der Waals surface area contributed by atoms with Gasteiger partial charge >= 0.3 is 0 Å². The van der Waals surface area contributed by atoms with Crippen LogP contribution < -0.4 is 10.5 Å². The minimum atomic E-state index is -0.779. The monoisotopic (exact) mass is 294 g/mol. The molecule has 3 rings (SSSR count). The summed E-state index contributed by atoms with van der Waals surface area (Å²) in [7, 11) is 0. The molecule has 0 saturated carbocycles. The Morgan fingerprint density at radius 2 is 1.82 bits per heavy atom. The summed E-state index contributed by atoms with van der Waals surface area (Å²) in [6.07, 6.45) is 0. The van der Waals surface area contributed by atoms with Crippen LogP contribution in [0.15, 0.2) is 48.0 Å². The molecule has 1 heterocycles. The first-order valence-corrected chi connectivity index (χ1v) is 6.92. The van der Waals surface area contributed by atoms with E-state index in [9.17, 15) is 9.65 Å². The van der Waals surface area contributed by atoms with Gasteiger partial charge in [0.15, 0.2) is 0 Å². The fourth-order valence-corrected chi connectivity index (χ4v) is 2.70. The second kappa shape index (κ2) is 4.88. The molecule has 4 heteroatoms. The summed E-state index contributed by atoms with van der Waals surface area (Å²) >= 11 is 0. The fraction of sp³-hybridized carbons (Fsp3) is 0.167. The number of nitrogen functional groups attached to an aromatic ring is 1. The molecule has 1 aliphatic rings. The molecule has 110 valence electrons. The molecule has 0 fully saturated rings. The van der Waals surface area contributed by atoms with Gasteiger partial charge in [0.2, 0.25) is 0 Å². The predicted molar refractivity (Wildman–Crippen MR) is 83.6 cm³/mol. The third kappa shape index (κ3) is 2.21. The number of nitrogens with zero attached hydrogens (tertiary/aromatic N) is 1. The van der Waals surface area contributed by atoms with Crippen molar-refractivity contribution in [2.75, 3.05) is 5.73 Å². The zero-order chi connectivity index (χ0) is 15.9. The summed E-state index contributed by atoms with van der Waals surface area (Å²) in [4.78, 5) is 0. The Morgan fingerprint density at radius 3 is 2.45 bits per heavy atom. The zero-order valence-corrected chi connectivity index (χ0v) is 12.4. The molecule has 0 bridgehead atoms. The average molecular weight is 294 g/mol. The van der Waals surface area contributed by atoms with E-state index < -0.39 is 5.60 Å². The van der Waals surface area contributed by atoms with Crippen molar-refractivity contribution in [3.05, 3.63) is 65.0 Å². The van der Waals surface area contributed by atoms with E-state index in [4.69, 9.17) is 10.5 Å². The molecular formula is C18H15FN2O. The lowest BCUT2D eigenvalue weighted by Crippen LogP contribution is -2.34. The van der Waals surface area contributed by atoms with E-state index in [1.165, 1.54) is 12.1 Å². The highest BCUT2D eigenvalue weighted by atomic mass is 19.1. The van der Waals surface area contributed by atoms with E-state index in [0.717, 1.165) is 16.7 Å². The van der Waals surface area contributed by atoms with Crippen LogP contribution in [0.2, 0.25) is 0 Å². The molecule has 2 aromatic carbocycles. The van der Waals surface area contributed by atoms with E-state index in [0.29, 0.717) is 17.0 Å². The third-order valence-electron chi connectivity index (χ3n) is 3.74. The number of benzene rings is 2. The standard InChI is InChI=1S/C18H15FN2O/c1-18(2)15(10-20)17(11-3-5-12(19)6-4-11)14-8-7-13(21)9-16(14)22-18/h3-9H,21H2,1-2H3. The van der Waals surface area contributed by atoms with Gasteiger partial charge < -0.3 is 10.5 Å². The lowest BCUT2D eigenvalue weighted by atomic mass is 9.83. The smallest absolute Gasteiger partial charge is 0.139 e. The van der Waals surface area contributed by atoms with E-state index in [1.807, 2.05) is 19.9 Å². The first-order valence-electron chi connectivity index (χ1n) is 6.92. The van der Waals surface area contributed by atoms with Gasteiger partial charge in [-0.25, -0.2) is 4.39 Å². The fourth-order valence-electron chi connectivity index (χ4n) is 2.70. The van der Waals surface area contributed by atoms with Gasteiger partial charge in [0.05, 0.1) is 11.6 Å². The first kappa shape index (κ1) is 14.2.